The first-order valence-corrected chi connectivity index (χ1v) is 8.80. The molecular formula is C17H34N2. The molecule has 0 aromatic rings. The summed E-state index contributed by atoms with van der Waals surface area (Å²) in [6.07, 6.45) is 17.5. The summed E-state index contributed by atoms with van der Waals surface area (Å²) in [5.74, 6) is 1.40. The molecule has 2 aliphatic carbocycles. The molecular weight excluding hydrogens is 232 g/mol. The van der Waals surface area contributed by atoms with Crippen LogP contribution >= 0.6 is 0 Å². The molecule has 0 heterocycles. The molecule has 0 radical (unpaired) electrons. The number of hydrogen-bond acceptors (Lipinski definition) is 2. The minimum atomic E-state index is 0.411. The van der Waals surface area contributed by atoms with Crippen molar-refractivity contribution >= 4 is 0 Å². The van der Waals surface area contributed by atoms with Crippen LogP contribution in [0, 0.1) is 11.8 Å². The second-order valence-corrected chi connectivity index (χ2v) is 6.99. The van der Waals surface area contributed by atoms with Crippen LogP contribution in [0.25, 0.3) is 0 Å². The molecule has 2 nitrogen and oxygen atoms in total. The third-order valence-corrected chi connectivity index (χ3v) is 5.55. The lowest BCUT2D eigenvalue weighted by Crippen LogP contribution is -2.43. The van der Waals surface area contributed by atoms with E-state index in [4.69, 9.17) is 11.5 Å². The summed E-state index contributed by atoms with van der Waals surface area (Å²) in [5, 5.41) is 0. The van der Waals surface area contributed by atoms with Crippen molar-refractivity contribution in [3.05, 3.63) is 0 Å². The van der Waals surface area contributed by atoms with Crippen molar-refractivity contribution in [2.45, 2.75) is 95.6 Å². The van der Waals surface area contributed by atoms with E-state index in [1.165, 1.54) is 83.5 Å². The molecule has 112 valence electrons. The van der Waals surface area contributed by atoms with E-state index in [1.54, 1.807) is 0 Å². The molecule has 4 N–H and O–H groups in total. The fourth-order valence-electron chi connectivity index (χ4n) is 4.32. The summed E-state index contributed by atoms with van der Waals surface area (Å²) < 4.78 is 0. The van der Waals surface area contributed by atoms with Gasteiger partial charge in [0.1, 0.15) is 0 Å². The summed E-state index contributed by atoms with van der Waals surface area (Å²) >= 11 is 0. The molecule has 2 fully saturated rings. The van der Waals surface area contributed by atoms with Gasteiger partial charge in [-0.2, -0.15) is 0 Å². The summed E-state index contributed by atoms with van der Waals surface area (Å²) in [6, 6.07) is 0.825. The highest BCUT2D eigenvalue weighted by Crippen LogP contribution is 2.34. The van der Waals surface area contributed by atoms with E-state index in [-0.39, 0.29) is 0 Å². The Morgan fingerprint density at radius 3 is 1.16 bits per heavy atom. The molecule has 2 aliphatic rings. The minimum Gasteiger partial charge on any atom is -0.327 e. The lowest BCUT2D eigenvalue weighted by atomic mass is 9.73. The molecule has 2 saturated carbocycles. The monoisotopic (exact) mass is 266 g/mol. The Hall–Kier alpha value is -0.0800. The first kappa shape index (κ1) is 15.3. The molecule has 0 spiro atoms. The molecule has 0 aromatic heterocycles. The van der Waals surface area contributed by atoms with Crippen LogP contribution in [0.1, 0.15) is 83.5 Å². The zero-order valence-electron chi connectivity index (χ0n) is 12.7. The predicted octanol–water partition coefficient (Wildman–Crippen LogP) is 3.97. The minimum absolute atomic E-state index is 0.411. The zero-order valence-corrected chi connectivity index (χ0v) is 12.7. The maximum absolute atomic E-state index is 6.55. The van der Waals surface area contributed by atoms with Gasteiger partial charge in [-0.1, -0.05) is 57.8 Å². The Bertz CT molecular complexity index is 241. The van der Waals surface area contributed by atoms with Crippen LogP contribution in [0.2, 0.25) is 0 Å². The van der Waals surface area contributed by atoms with Crippen LogP contribution in [-0.4, -0.2) is 12.1 Å². The van der Waals surface area contributed by atoms with Gasteiger partial charge in [0.05, 0.1) is 0 Å². The normalized spacial score (nSPS) is 39.5. The van der Waals surface area contributed by atoms with Crippen LogP contribution in [0.5, 0.6) is 0 Å². The Kier molecular flexibility index (Phi) is 6.66. The molecule has 4 atom stereocenters. The van der Waals surface area contributed by atoms with E-state index >= 15 is 0 Å². The Morgan fingerprint density at radius 2 is 0.737 bits per heavy atom. The van der Waals surface area contributed by atoms with Crippen molar-refractivity contribution in [2.24, 2.45) is 23.3 Å². The summed E-state index contributed by atoms with van der Waals surface area (Å²) in [5.41, 5.74) is 13.1. The average molecular weight is 266 g/mol. The number of nitrogens with two attached hydrogens (primary N) is 2. The van der Waals surface area contributed by atoms with Gasteiger partial charge in [0.15, 0.2) is 0 Å². The van der Waals surface area contributed by atoms with Crippen molar-refractivity contribution in [1.29, 1.82) is 0 Å². The maximum Gasteiger partial charge on any atom is 0.00703 e. The van der Waals surface area contributed by atoms with Crippen molar-refractivity contribution in [2.75, 3.05) is 0 Å². The van der Waals surface area contributed by atoms with E-state index in [2.05, 4.69) is 0 Å². The van der Waals surface area contributed by atoms with Crippen LogP contribution in [0.3, 0.4) is 0 Å². The van der Waals surface area contributed by atoms with E-state index < -0.39 is 0 Å². The SMILES string of the molecule is NC1CCCCCCCC1C1CCCCCCC1N. The summed E-state index contributed by atoms with van der Waals surface area (Å²) in [6.45, 7) is 0. The van der Waals surface area contributed by atoms with E-state index in [1.807, 2.05) is 0 Å². The van der Waals surface area contributed by atoms with Gasteiger partial charge in [-0.15, -0.1) is 0 Å². The quantitative estimate of drug-likeness (QED) is 0.754. The van der Waals surface area contributed by atoms with Gasteiger partial charge >= 0.3 is 0 Å². The molecule has 2 heteroatoms. The highest BCUT2D eigenvalue weighted by atomic mass is 14.7. The summed E-state index contributed by atoms with van der Waals surface area (Å²) in [4.78, 5) is 0. The van der Waals surface area contributed by atoms with Crippen molar-refractivity contribution < 1.29 is 0 Å². The highest BCUT2D eigenvalue weighted by molar-refractivity contribution is 4.87. The smallest absolute Gasteiger partial charge is 0.00703 e. The van der Waals surface area contributed by atoms with Crippen LogP contribution in [0.4, 0.5) is 0 Å². The predicted molar refractivity (Wildman–Crippen MR) is 83.0 cm³/mol. The molecule has 0 aliphatic heterocycles. The molecule has 4 unspecified atom stereocenters. The van der Waals surface area contributed by atoms with Gasteiger partial charge in [0.25, 0.3) is 0 Å². The van der Waals surface area contributed by atoms with Gasteiger partial charge in [-0.3, -0.25) is 0 Å². The van der Waals surface area contributed by atoms with Crippen molar-refractivity contribution in [3.63, 3.8) is 0 Å². The lowest BCUT2D eigenvalue weighted by molar-refractivity contribution is 0.185. The number of hydrogen-bond donors (Lipinski definition) is 2. The van der Waals surface area contributed by atoms with Gasteiger partial charge in [0.2, 0.25) is 0 Å². The molecule has 0 bridgehead atoms. The molecule has 0 amide bonds. The Balaban J connectivity index is 2.00. The fourth-order valence-corrected chi connectivity index (χ4v) is 4.32. The first-order valence-electron chi connectivity index (χ1n) is 8.80. The van der Waals surface area contributed by atoms with Gasteiger partial charge < -0.3 is 11.5 Å². The van der Waals surface area contributed by atoms with Crippen LogP contribution in [-0.2, 0) is 0 Å². The lowest BCUT2D eigenvalue weighted by Gasteiger charge is -2.36. The molecule has 0 aromatic carbocycles. The largest absolute Gasteiger partial charge is 0.327 e. The van der Waals surface area contributed by atoms with Crippen LogP contribution in [0.15, 0.2) is 0 Å². The second kappa shape index (κ2) is 8.26. The topological polar surface area (TPSA) is 52.0 Å². The standard InChI is InChI=1S/C17H34N2/c18-16-12-8-3-1-2-6-10-14(16)15-11-7-4-5-9-13-17(15)19/h14-17H,1-13,18-19H2. The molecule has 0 saturated heterocycles. The van der Waals surface area contributed by atoms with Gasteiger partial charge in [0, 0.05) is 12.1 Å². The Labute approximate surface area is 119 Å². The fraction of sp³-hybridized carbons (Fsp3) is 1.00. The second-order valence-electron chi connectivity index (χ2n) is 6.99. The van der Waals surface area contributed by atoms with Crippen LogP contribution < -0.4 is 11.5 Å². The third-order valence-electron chi connectivity index (χ3n) is 5.55. The summed E-state index contributed by atoms with van der Waals surface area (Å²) in [7, 11) is 0. The highest BCUT2D eigenvalue weighted by Gasteiger charge is 2.31. The van der Waals surface area contributed by atoms with Crippen molar-refractivity contribution in [1.82, 2.24) is 0 Å². The van der Waals surface area contributed by atoms with Gasteiger partial charge in [-0.05, 0) is 37.5 Å². The van der Waals surface area contributed by atoms with E-state index in [0.717, 1.165) is 0 Å². The molecule has 2 rings (SSSR count). The van der Waals surface area contributed by atoms with E-state index in [9.17, 15) is 0 Å². The molecule has 19 heavy (non-hydrogen) atoms. The zero-order chi connectivity index (χ0) is 13.5. The Morgan fingerprint density at radius 1 is 0.421 bits per heavy atom. The average Bonchev–Trinajstić information content (AvgIpc) is 2.48. The van der Waals surface area contributed by atoms with Gasteiger partial charge in [-0.25, -0.2) is 0 Å². The number of rotatable bonds is 1. The maximum atomic E-state index is 6.55. The van der Waals surface area contributed by atoms with Crippen molar-refractivity contribution in [3.8, 4) is 0 Å². The first-order chi connectivity index (χ1) is 9.29. The van der Waals surface area contributed by atoms with E-state index in [0.29, 0.717) is 23.9 Å². The third kappa shape index (κ3) is 4.75.